The average molecular weight is 328 g/mol. The highest BCUT2D eigenvalue weighted by Crippen LogP contribution is 2.12. The fourth-order valence-corrected chi connectivity index (χ4v) is 2.30. The third-order valence-corrected chi connectivity index (χ3v) is 3.63. The van der Waals surface area contributed by atoms with Gasteiger partial charge in [0.1, 0.15) is 11.9 Å². The second-order valence-electron chi connectivity index (χ2n) is 6.06. The van der Waals surface area contributed by atoms with Gasteiger partial charge in [-0.25, -0.2) is 4.39 Å². The molecule has 0 aliphatic rings. The second-order valence-corrected chi connectivity index (χ2v) is 6.06. The first-order valence-corrected chi connectivity index (χ1v) is 7.81. The summed E-state index contributed by atoms with van der Waals surface area (Å²) in [5.41, 5.74) is 2.02. The van der Waals surface area contributed by atoms with Crippen LogP contribution in [0.4, 0.5) is 10.1 Å². The molecule has 0 aliphatic carbocycles. The molecule has 2 amide bonds. The highest BCUT2D eigenvalue weighted by molar-refractivity contribution is 6.01. The Kier molecular flexibility index (Phi) is 5.68. The molecule has 0 aromatic heterocycles. The molecule has 0 unspecified atom stereocenters. The van der Waals surface area contributed by atoms with Crippen LogP contribution >= 0.6 is 0 Å². The van der Waals surface area contributed by atoms with E-state index in [1.165, 1.54) is 24.3 Å². The Morgan fingerprint density at radius 2 is 1.71 bits per heavy atom. The van der Waals surface area contributed by atoms with E-state index in [1.54, 1.807) is 6.07 Å². The lowest BCUT2D eigenvalue weighted by atomic mass is 10.0. The van der Waals surface area contributed by atoms with E-state index in [4.69, 9.17) is 0 Å². The predicted molar refractivity (Wildman–Crippen MR) is 92.3 cm³/mol. The summed E-state index contributed by atoms with van der Waals surface area (Å²) in [6, 6.07) is 12.0. The first kappa shape index (κ1) is 17.7. The molecule has 2 aromatic rings. The molecule has 0 saturated heterocycles. The van der Waals surface area contributed by atoms with Crippen molar-refractivity contribution in [2.45, 2.75) is 26.8 Å². The summed E-state index contributed by atoms with van der Waals surface area (Å²) >= 11 is 0. The van der Waals surface area contributed by atoms with Gasteiger partial charge in [0.15, 0.2) is 0 Å². The molecule has 1 atom stereocenters. The molecule has 0 spiro atoms. The van der Waals surface area contributed by atoms with Crippen LogP contribution in [0.2, 0.25) is 0 Å². The number of anilines is 1. The fraction of sp³-hybridized carbons (Fsp3) is 0.263. The normalized spacial score (nSPS) is 11.9. The summed E-state index contributed by atoms with van der Waals surface area (Å²) in [6.45, 7) is 5.64. The van der Waals surface area contributed by atoms with Crippen molar-refractivity contribution in [2.24, 2.45) is 5.92 Å². The predicted octanol–water partition coefficient (Wildman–Crippen LogP) is 3.53. The smallest absolute Gasteiger partial charge is 0.251 e. The highest BCUT2D eigenvalue weighted by Gasteiger charge is 2.24. The number of halogens is 1. The Morgan fingerprint density at radius 3 is 2.29 bits per heavy atom. The zero-order chi connectivity index (χ0) is 17.7. The lowest BCUT2D eigenvalue weighted by molar-refractivity contribution is -0.118. The molecule has 0 heterocycles. The lowest BCUT2D eigenvalue weighted by Gasteiger charge is -2.22. The van der Waals surface area contributed by atoms with Crippen molar-refractivity contribution in [2.75, 3.05) is 5.32 Å². The van der Waals surface area contributed by atoms with Gasteiger partial charge >= 0.3 is 0 Å². The van der Waals surface area contributed by atoms with Gasteiger partial charge in [-0.1, -0.05) is 26.0 Å². The third-order valence-electron chi connectivity index (χ3n) is 3.63. The van der Waals surface area contributed by atoms with Crippen LogP contribution in [0, 0.1) is 18.7 Å². The SMILES string of the molecule is Cc1cccc(NC(=O)[C@@H](NC(=O)c2ccc(F)cc2)C(C)C)c1. The molecular formula is C19H21FN2O2. The van der Waals surface area contributed by atoms with E-state index in [2.05, 4.69) is 10.6 Å². The molecule has 126 valence electrons. The molecule has 0 radical (unpaired) electrons. The van der Waals surface area contributed by atoms with Crippen molar-refractivity contribution in [1.29, 1.82) is 0 Å². The maximum atomic E-state index is 12.9. The van der Waals surface area contributed by atoms with Crippen molar-refractivity contribution in [3.05, 3.63) is 65.5 Å². The van der Waals surface area contributed by atoms with Gasteiger partial charge in [0, 0.05) is 11.3 Å². The molecule has 2 N–H and O–H groups in total. The Morgan fingerprint density at radius 1 is 1.04 bits per heavy atom. The molecule has 5 heteroatoms. The summed E-state index contributed by atoms with van der Waals surface area (Å²) in [5.74, 6) is -1.21. The van der Waals surface area contributed by atoms with Crippen LogP contribution in [0.5, 0.6) is 0 Å². The van der Waals surface area contributed by atoms with Crippen molar-refractivity contribution < 1.29 is 14.0 Å². The number of hydrogen-bond acceptors (Lipinski definition) is 2. The first-order valence-electron chi connectivity index (χ1n) is 7.81. The number of rotatable bonds is 5. The van der Waals surface area contributed by atoms with Crippen molar-refractivity contribution in [3.8, 4) is 0 Å². The van der Waals surface area contributed by atoms with E-state index in [9.17, 15) is 14.0 Å². The van der Waals surface area contributed by atoms with Gasteiger partial charge < -0.3 is 10.6 Å². The van der Waals surface area contributed by atoms with Crippen LogP contribution in [0.3, 0.4) is 0 Å². The lowest BCUT2D eigenvalue weighted by Crippen LogP contribution is -2.47. The van der Waals surface area contributed by atoms with E-state index < -0.39 is 17.8 Å². The Labute approximate surface area is 141 Å². The average Bonchev–Trinajstić information content (AvgIpc) is 2.52. The summed E-state index contributed by atoms with van der Waals surface area (Å²) < 4.78 is 12.9. The first-order chi connectivity index (χ1) is 11.4. The third kappa shape index (κ3) is 4.65. The maximum absolute atomic E-state index is 12.9. The van der Waals surface area contributed by atoms with E-state index >= 15 is 0 Å². The number of amides is 2. The number of carbonyl (C=O) groups excluding carboxylic acids is 2. The van der Waals surface area contributed by atoms with Crippen LogP contribution in [0.15, 0.2) is 48.5 Å². The minimum atomic E-state index is -0.692. The molecule has 2 aromatic carbocycles. The van der Waals surface area contributed by atoms with Gasteiger partial charge in [0.2, 0.25) is 5.91 Å². The van der Waals surface area contributed by atoms with E-state index in [0.717, 1.165) is 5.56 Å². The molecular weight excluding hydrogens is 307 g/mol. The number of nitrogens with one attached hydrogen (secondary N) is 2. The van der Waals surface area contributed by atoms with Crippen LogP contribution in [0.25, 0.3) is 0 Å². The second kappa shape index (κ2) is 7.73. The van der Waals surface area contributed by atoms with Crippen molar-refractivity contribution >= 4 is 17.5 Å². The summed E-state index contributed by atoms with van der Waals surface area (Å²) in [5, 5.41) is 5.53. The molecule has 4 nitrogen and oxygen atoms in total. The molecule has 2 rings (SSSR count). The Bertz CT molecular complexity index is 726. The zero-order valence-corrected chi connectivity index (χ0v) is 14.0. The van der Waals surface area contributed by atoms with Crippen LogP contribution in [0.1, 0.15) is 29.8 Å². The molecule has 0 aliphatic heterocycles. The number of benzene rings is 2. The fourth-order valence-electron chi connectivity index (χ4n) is 2.30. The number of carbonyl (C=O) groups is 2. The van der Waals surface area contributed by atoms with Gasteiger partial charge in [-0.05, 0) is 54.8 Å². The van der Waals surface area contributed by atoms with Gasteiger partial charge in [-0.15, -0.1) is 0 Å². The molecule has 0 fully saturated rings. The zero-order valence-electron chi connectivity index (χ0n) is 14.0. The Balaban J connectivity index is 2.09. The van der Waals surface area contributed by atoms with E-state index in [0.29, 0.717) is 11.3 Å². The number of hydrogen-bond donors (Lipinski definition) is 2. The summed E-state index contributed by atoms with van der Waals surface area (Å²) in [7, 11) is 0. The van der Waals surface area contributed by atoms with Crippen molar-refractivity contribution in [3.63, 3.8) is 0 Å². The minimum Gasteiger partial charge on any atom is -0.340 e. The van der Waals surface area contributed by atoms with E-state index in [1.807, 2.05) is 39.0 Å². The standard InChI is InChI=1S/C19H21FN2O2/c1-12(2)17(19(24)21-16-6-4-5-13(3)11-16)22-18(23)14-7-9-15(20)10-8-14/h4-12,17H,1-3H3,(H,21,24)(H,22,23)/t17-/m0/s1. The largest absolute Gasteiger partial charge is 0.340 e. The van der Waals surface area contributed by atoms with Gasteiger partial charge in [0.05, 0.1) is 0 Å². The van der Waals surface area contributed by atoms with Crippen LogP contribution < -0.4 is 10.6 Å². The minimum absolute atomic E-state index is 0.0980. The maximum Gasteiger partial charge on any atom is 0.251 e. The van der Waals surface area contributed by atoms with Gasteiger partial charge in [0.25, 0.3) is 5.91 Å². The topological polar surface area (TPSA) is 58.2 Å². The molecule has 24 heavy (non-hydrogen) atoms. The van der Waals surface area contributed by atoms with Crippen LogP contribution in [-0.4, -0.2) is 17.9 Å². The summed E-state index contributed by atoms with van der Waals surface area (Å²) in [4.78, 5) is 24.8. The molecule has 0 bridgehead atoms. The van der Waals surface area contributed by atoms with Crippen molar-refractivity contribution in [1.82, 2.24) is 5.32 Å². The highest BCUT2D eigenvalue weighted by atomic mass is 19.1. The monoisotopic (exact) mass is 328 g/mol. The Hall–Kier alpha value is -2.69. The molecule has 0 saturated carbocycles. The van der Waals surface area contributed by atoms with Gasteiger partial charge in [-0.2, -0.15) is 0 Å². The number of aryl methyl sites for hydroxylation is 1. The van der Waals surface area contributed by atoms with E-state index in [-0.39, 0.29) is 11.8 Å². The van der Waals surface area contributed by atoms with Crippen LogP contribution in [-0.2, 0) is 4.79 Å². The summed E-state index contributed by atoms with van der Waals surface area (Å²) in [6.07, 6.45) is 0. The quantitative estimate of drug-likeness (QED) is 0.882. The van der Waals surface area contributed by atoms with Gasteiger partial charge in [-0.3, -0.25) is 9.59 Å².